The summed E-state index contributed by atoms with van der Waals surface area (Å²) in [6.07, 6.45) is 10.2. The lowest BCUT2D eigenvalue weighted by molar-refractivity contribution is -0.210. The molecule has 44 heavy (non-hydrogen) atoms. The van der Waals surface area contributed by atoms with Crippen molar-refractivity contribution in [3.05, 3.63) is 35.9 Å². The quantitative estimate of drug-likeness (QED) is 0.268. The first-order valence-electron chi connectivity index (χ1n) is 16.9. The molecule has 0 aromatic heterocycles. The number of rotatable bonds is 3. The van der Waals surface area contributed by atoms with E-state index in [0.29, 0.717) is 18.0 Å². The summed E-state index contributed by atoms with van der Waals surface area (Å²) in [5, 5.41) is 13.4. The number of nitrogens with one attached hydrogen (secondary N) is 1. The number of aromatic hydroxyl groups is 1. The van der Waals surface area contributed by atoms with Crippen LogP contribution >= 0.6 is 0 Å². The van der Waals surface area contributed by atoms with Crippen molar-refractivity contribution >= 4 is 23.3 Å². The first-order valence-corrected chi connectivity index (χ1v) is 16.9. The molecule has 0 bridgehead atoms. The van der Waals surface area contributed by atoms with Crippen molar-refractivity contribution in [2.24, 2.45) is 50.2 Å². The number of esters is 1. The molecule has 0 radical (unpaired) electrons. The third kappa shape index (κ3) is 4.28. The van der Waals surface area contributed by atoms with Crippen LogP contribution in [0.2, 0.25) is 0 Å². The number of ketones is 1. The number of amides is 1. The molecular weight excluding hydrogens is 550 g/mol. The number of fused-ring (bicyclic) bond motifs is 7. The Morgan fingerprint density at radius 2 is 1.59 bits per heavy atom. The number of anilines is 1. The van der Waals surface area contributed by atoms with Crippen molar-refractivity contribution in [1.29, 1.82) is 0 Å². The minimum Gasteiger partial charge on any atom is -0.506 e. The first kappa shape index (κ1) is 31.4. The molecule has 4 saturated carbocycles. The summed E-state index contributed by atoms with van der Waals surface area (Å²) in [6, 6.07) is 6.90. The Hall–Kier alpha value is -2.63. The highest BCUT2D eigenvalue weighted by molar-refractivity contribution is 5.97. The molecule has 0 spiro atoms. The molecule has 240 valence electrons. The number of hydrogen-bond acceptors (Lipinski definition) is 5. The van der Waals surface area contributed by atoms with Gasteiger partial charge in [0.25, 0.3) is 0 Å². The summed E-state index contributed by atoms with van der Waals surface area (Å²) in [4.78, 5) is 40.5. The summed E-state index contributed by atoms with van der Waals surface area (Å²) in [5.74, 6) is 0.425. The molecule has 4 fully saturated rings. The monoisotopic (exact) mass is 603 g/mol. The standard InChI is InChI=1S/C38H53NO5/c1-23(40)44-30-14-15-36(6)29(33(30,2)3)13-16-38(8)31(36)28(42)21-24-25-22-35(5,18-17-34(25,4)19-20-37(24,38)7)32(43)39-26-11-9-10-12-27(26)41/h9-12,21,25,29-31,41H,13-20,22H2,1-8H3,(H,39,43). The largest absolute Gasteiger partial charge is 0.506 e. The van der Waals surface area contributed by atoms with Crippen molar-refractivity contribution in [3.63, 3.8) is 0 Å². The number of carbonyl (C=O) groups excluding carboxylic acids is 3. The molecule has 6 nitrogen and oxygen atoms in total. The molecule has 2 N–H and O–H groups in total. The van der Waals surface area contributed by atoms with E-state index in [9.17, 15) is 19.5 Å². The number of allylic oxidation sites excluding steroid dienone is 2. The molecule has 1 aromatic carbocycles. The Kier molecular flexibility index (Phi) is 7.08. The van der Waals surface area contributed by atoms with Gasteiger partial charge in [-0.3, -0.25) is 14.4 Å². The van der Waals surface area contributed by atoms with Gasteiger partial charge in [-0.05, 0) is 109 Å². The third-order valence-electron chi connectivity index (χ3n) is 14.5. The van der Waals surface area contributed by atoms with Gasteiger partial charge < -0.3 is 15.2 Å². The van der Waals surface area contributed by atoms with E-state index in [1.54, 1.807) is 18.2 Å². The summed E-state index contributed by atoms with van der Waals surface area (Å²) >= 11 is 0. The van der Waals surface area contributed by atoms with E-state index in [1.165, 1.54) is 12.5 Å². The molecule has 6 heteroatoms. The zero-order chi connectivity index (χ0) is 32.1. The van der Waals surface area contributed by atoms with Crippen molar-refractivity contribution in [1.82, 2.24) is 0 Å². The van der Waals surface area contributed by atoms with Crippen LogP contribution in [-0.4, -0.2) is 28.9 Å². The maximum absolute atomic E-state index is 14.6. The van der Waals surface area contributed by atoms with Gasteiger partial charge in [0, 0.05) is 23.7 Å². The second kappa shape index (κ2) is 9.93. The molecule has 1 amide bonds. The Labute approximate surface area is 263 Å². The lowest BCUT2D eigenvalue weighted by atomic mass is 9.33. The minimum absolute atomic E-state index is 0.0503. The van der Waals surface area contributed by atoms with Crippen LogP contribution < -0.4 is 5.32 Å². The fourth-order valence-electron chi connectivity index (χ4n) is 11.6. The van der Waals surface area contributed by atoms with Crippen LogP contribution in [0.25, 0.3) is 0 Å². The van der Waals surface area contributed by atoms with Crippen LogP contribution in [0.5, 0.6) is 5.75 Å². The second-order valence-corrected chi connectivity index (χ2v) is 17.2. The van der Waals surface area contributed by atoms with E-state index >= 15 is 0 Å². The van der Waals surface area contributed by atoms with Gasteiger partial charge in [0.2, 0.25) is 5.91 Å². The van der Waals surface area contributed by atoms with Gasteiger partial charge in [-0.25, -0.2) is 0 Å². The van der Waals surface area contributed by atoms with Gasteiger partial charge >= 0.3 is 5.97 Å². The average molecular weight is 604 g/mol. The third-order valence-corrected chi connectivity index (χ3v) is 14.5. The molecule has 1 aromatic rings. The van der Waals surface area contributed by atoms with Gasteiger partial charge in [-0.1, -0.05) is 66.2 Å². The number of para-hydroxylation sites is 2. The van der Waals surface area contributed by atoms with Crippen molar-refractivity contribution < 1.29 is 24.2 Å². The first-order chi connectivity index (χ1) is 20.4. The van der Waals surface area contributed by atoms with E-state index in [0.717, 1.165) is 51.4 Å². The van der Waals surface area contributed by atoms with E-state index in [4.69, 9.17) is 4.74 Å². The molecule has 9 unspecified atom stereocenters. The number of ether oxygens (including phenoxy) is 1. The highest BCUT2D eigenvalue weighted by Crippen LogP contribution is 2.75. The smallest absolute Gasteiger partial charge is 0.302 e. The lowest BCUT2D eigenvalue weighted by Crippen LogP contribution is -2.66. The zero-order valence-electron chi connectivity index (χ0n) is 28.1. The fourth-order valence-corrected chi connectivity index (χ4v) is 11.6. The Morgan fingerprint density at radius 1 is 0.909 bits per heavy atom. The average Bonchev–Trinajstić information content (AvgIpc) is 2.93. The van der Waals surface area contributed by atoms with Crippen LogP contribution in [0.3, 0.4) is 0 Å². The fraction of sp³-hybridized carbons (Fsp3) is 0.711. The Balaban J connectivity index is 1.35. The van der Waals surface area contributed by atoms with Gasteiger partial charge in [-0.15, -0.1) is 0 Å². The molecule has 6 rings (SSSR count). The van der Waals surface area contributed by atoms with Crippen molar-refractivity contribution in [2.75, 3.05) is 5.32 Å². The van der Waals surface area contributed by atoms with Crippen LogP contribution in [0, 0.1) is 50.2 Å². The van der Waals surface area contributed by atoms with Crippen molar-refractivity contribution in [2.45, 2.75) is 119 Å². The molecule has 0 aliphatic heterocycles. The summed E-state index contributed by atoms with van der Waals surface area (Å²) in [6.45, 7) is 17.7. The van der Waals surface area contributed by atoms with E-state index in [1.807, 2.05) is 6.07 Å². The van der Waals surface area contributed by atoms with Gasteiger partial charge in [-0.2, -0.15) is 0 Å². The highest BCUT2D eigenvalue weighted by Gasteiger charge is 2.70. The number of phenols is 1. The van der Waals surface area contributed by atoms with Crippen LogP contribution in [-0.2, 0) is 19.1 Å². The molecular formula is C38H53NO5. The highest BCUT2D eigenvalue weighted by atomic mass is 16.5. The molecule has 5 aliphatic carbocycles. The van der Waals surface area contributed by atoms with Gasteiger partial charge in [0.05, 0.1) is 5.69 Å². The van der Waals surface area contributed by atoms with E-state index in [2.05, 4.69) is 59.9 Å². The normalized spacial score (nSPS) is 44.2. The van der Waals surface area contributed by atoms with Gasteiger partial charge in [0.15, 0.2) is 5.78 Å². The zero-order valence-corrected chi connectivity index (χ0v) is 28.1. The molecule has 0 heterocycles. The van der Waals surface area contributed by atoms with Crippen LogP contribution in [0.15, 0.2) is 35.9 Å². The molecule has 9 atom stereocenters. The number of phenolic OH excluding ortho intramolecular Hbond substituents is 1. The summed E-state index contributed by atoms with van der Waals surface area (Å²) in [7, 11) is 0. The number of carbonyl (C=O) groups is 3. The molecule has 5 aliphatic rings. The van der Waals surface area contributed by atoms with Gasteiger partial charge in [0.1, 0.15) is 11.9 Å². The topological polar surface area (TPSA) is 92.7 Å². The van der Waals surface area contributed by atoms with Crippen LogP contribution in [0.1, 0.15) is 113 Å². The SMILES string of the molecule is CC(=O)OC1CCC2(C)C(CCC3(C)C2C(=O)C=C2C4CC(C)(C(=O)Nc5ccccc5O)CCC4(C)CCC23C)C1(C)C. The van der Waals surface area contributed by atoms with E-state index < -0.39 is 5.41 Å². The maximum Gasteiger partial charge on any atom is 0.302 e. The van der Waals surface area contributed by atoms with Crippen molar-refractivity contribution in [3.8, 4) is 5.75 Å². The summed E-state index contributed by atoms with van der Waals surface area (Å²) in [5.41, 5.74) is 0.482. The summed E-state index contributed by atoms with van der Waals surface area (Å²) < 4.78 is 5.86. The Morgan fingerprint density at radius 3 is 2.27 bits per heavy atom. The van der Waals surface area contributed by atoms with E-state index in [-0.39, 0.29) is 68.4 Å². The number of benzene rings is 1. The lowest BCUT2D eigenvalue weighted by Gasteiger charge is -2.70. The predicted molar refractivity (Wildman–Crippen MR) is 172 cm³/mol. The minimum atomic E-state index is -0.602. The Bertz CT molecular complexity index is 1430. The second-order valence-electron chi connectivity index (χ2n) is 17.2. The maximum atomic E-state index is 14.6. The number of hydrogen-bond donors (Lipinski definition) is 2. The van der Waals surface area contributed by atoms with Crippen LogP contribution in [0.4, 0.5) is 5.69 Å². The predicted octanol–water partition coefficient (Wildman–Crippen LogP) is 8.24. The molecule has 0 saturated heterocycles.